The number of thioether (sulfide) groups is 1. The van der Waals surface area contributed by atoms with Crippen molar-refractivity contribution in [3.8, 4) is 11.5 Å². The van der Waals surface area contributed by atoms with Gasteiger partial charge in [-0.2, -0.15) is 0 Å². The highest BCUT2D eigenvalue weighted by Crippen LogP contribution is 2.34. The number of nitrogens with one attached hydrogen (secondary N) is 2. The number of aliphatic imine (C=N–C) groups is 2. The van der Waals surface area contributed by atoms with Crippen molar-refractivity contribution in [3.63, 3.8) is 0 Å². The molecule has 5 rings (SSSR count). The number of methoxy groups -OCH3 is 2. The Hall–Kier alpha value is -4.64. The highest BCUT2D eigenvalue weighted by molar-refractivity contribution is 8.14. The lowest BCUT2D eigenvalue weighted by Crippen LogP contribution is -2.41. The van der Waals surface area contributed by atoms with Gasteiger partial charge in [0.25, 0.3) is 5.91 Å². The summed E-state index contributed by atoms with van der Waals surface area (Å²) in [6, 6.07) is 21.7. The second-order valence-corrected chi connectivity index (χ2v) is 10.5. The van der Waals surface area contributed by atoms with Crippen molar-refractivity contribution >= 4 is 51.9 Å². The van der Waals surface area contributed by atoms with E-state index in [1.54, 1.807) is 25.3 Å². The highest BCUT2D eigenvalue weighted by atomic mass is 32.2. The first-order valence-electron chi connectivity index (χ1n) is 13.5. The van der Waals surface area contributed by atoms with E-state index < -0.39 is 6.04 Å². The van der Waals surface area contributed by atoms with Gasteiger partial charge in [-0.05, 0) is 42.7 Å². The number of para-hydroxylation sites is 1. The summed E-state index contributed by atoms with van der Waals surface area (Å²) in [5, 5.41) is 6.13. The number of rotatable bonds is 11. The van der Waals surface area contributed by atoms with Gasteiger partial charge < -0.3 is 20.1 Å². The number of hydrogen-bond donors (Lipinski definition) is 2. The molecule has 42 heavy (non-hydrogen) atoms. The topological polar surface area (TPSA) is 122 Å². The molecule has 2 N–H and O–H groups in total. The van der Waals surface area contributed by atoms with Crippen LogP contribution >= 0.6 is 11.8 Å². The average Bonchev–Trinajstić information content (AvgIpc) is 3.35. The van der Waals surface area contributed by atoms with Crippen LogP contribution in [-0.2, 0) is 20.8 Å². The third-order valence-electron chi connectivity index (χ3n) is 6.79. The number of ether oxygens (including phenoxy) is 2. The Balaban J connectivity index is 1.22. The summed E-state index contributed by atoms with van der Waals surface area (Å²) in [5.41, 5.74) is 3.05. The summed E-state index contributed by atoms with van der Waals surface area (Å²) >= 11 is 1.14. The van der Waals surface area contributed by atoms with Gasteiger partial charge in [-0.25, -0.2) is 9.89 Å². The van der Waals surface area contributed by atoms with E-state index in [4.69, 9.17) is 14.5 Å². The minimum Gasteiger partial charge on any atom is -0.497 e. The number of benzene rings is 3. The van der Waals surface area contributed by atoms with Crippen LogP contribution in [0.5, 0.6) is 11.5 Å². The molecule has 0 bridgehead atoms. The zero-order chi connectivity index (χ0) is 29.5. The third kappa shape index (κ3) is 6.63. The minimum atomic E-state index is -0.714. The van der Waals surface area contributed by atoms with Crippen molar-refractivity contribution < 1.29 is 23.9 Å². The molecule has 2 heterocycles. The van der Waals surface area contributed by atoms with Gasteiger partial charge in [-0.3, -0.25) is 19.4 Å². The first kappa shape index (κ1) is 28.9. The van der Waals surface area contributed by atoms with Gasteiger partial charge in [0, 0.05) is 24.6 Å². The second-order valence-electron chi connectivity index (χ2n) is 9.58. The predicted octanol–water partition coefficient (Wildman–Crippen LogP) is 4.17. The Kier molecular flexibility index (Phi) is 9.18. The normalized spacial score (nSPS) is 15.2. The molecule has 0 aromatic heterocycles. The molecule has 0 aliphatic carbocycles. The van der Waals surface area contributed by atoms with Gasteiger partial charge in [0.2, 0.25) is 11.8 Å². The fraction of sp³-hybridized carbons (Fsp3) is 0.258. The summed E-state index contributed by atoms with van der Waals surface area (Å²) in [6.07, 6.45) is 1.18. The van der Waals surface area contributed by atoms with E-state index in [0.717, 1.165) is 29.3 Å². The molecule has 3 aromatic rings. The van der Waals surface area contributed by atoms with Crippen molar-refractivity contribution in [2.45, 2.75) is 25.3 Å². The van der Waals surface area contributed by atoms with E-state index in [2.05, 4.69) is 15.6 Å². The van der Waals surface area contributed by atoms with Gasteiger partial charge in [0.1, 0.15) is 23.4 Å². The zero-order valence-electron chi connectivity index (χ0n) is 23.3. The number of fused-ring (bicyclic) bond motifs is 3. The molecule has 0 fully saturated rings. The highest BCUT2D eigenvalue weighted by Gasteiger charge is 2.41. The molecule has 0 unspecified atom stereocenters. The minimum absolute atomic E-state index is 0.00172. The van der Waals surface area contributed by atoms with Crippen LogP contribution in [0, 0.1) is 0 Å². The molecule has 10 nitrogen and oxygen atoms in total. The maximum absolute atomic E-state index is 13.5. The molecular weight excluding hydrogens is 554 g/mol. The van der Waals surface area contributed by atoms with Crippen LogP contribution in [0.3, 0.4) is 0 Å². The lowest BCUT2D eigenvalue weighted by atomic mass is 10.1. The van der Waals surface area contributed by atoms with E-state index in [0.29, 0.717) is 40.4 Å². The number of amides is 3. The molecule has 3 amide bonds. The van der Waals surface area contributed by atoms with Gasteiger partial charge in [-0.1, -0.05) is 54.2 Å². The maximum Gasteiger partial charge on any atom is 0.259 e. The standard InChI is InChI=1S/C31H31N5O5S/c1-40-21-12-13-24(26(18-21)41-2)33-28(38)19-42-31-35-23-11-7-6-10-22(23)29-34-25(30(39)36(29)31)14-15-27(37)32-17-16-20-8-4-3-5-9-20/h3-13,18,25H,14-17,19H2,1-2H3,(H,32,37)(H,33,38)/t25-/m1/s1. The van der Waals surface area contributed by atoms with Gasteiger partial charge in [0.05, 0.1) is 31.3 Å². The Morgan fingerprint density at radius 3 is 2.55 bits per heavy atom. The van der Waals surface area contributed by atoms with E-state index in [-0.39, 0.29) is 36.3 Å². The van der Waals surface area contributed by atoms with Crippen LogP contribution in [0.15, 0.2) is 82.8 Å². The van der Waals surface area contributed by atoms with Crippen molar-refractivity contribution in [1.29, 1.82) is 0 Å². The Morgan fingerprint density at radius 2 is 1.76 bits per heavy atom. The SMILES string of the molecule is COc1ccc(NC(=O)CSC2=Nc3ccccc3C3=N[C@H](CCC(=O)NCCc4ccccc4)C(=O)N23)c(OC)c1. The van der Waals surface area contributed by atoms with Crippen LogP contribution in [0.1, 0.15) is 24.0 Å². The Labute approximate surface area is 248 Å². The molecule has 0 radical (unpaired) electrons. The predicted molar refractivity (Wildman–Crippen MR) is 164 cm³/mol. The average molecular weight is 586 g/mol. The van der Waals surface area contributed by atoms with Gasteiger partial charge >= 0.3 is 0 Å². The molecule has 0 saturated heterocycles. The smallest absolute Gasteiger partial charge is 0.259 e. The summed E-state index contributed by atoms with van der Waals surface area (Å²) in [6.45, 7) is 0.521. The molecule has 3 aromatic carbocycles. The number of amidine groups is 2. The molecule has 11 heteroatoms. The van der Waals surface area contributed by atoms with Gasteiger partial charge in [-0.15, -0.1) is 0 Å². The fourth-order valence-corrected chi connectivity index (χ4v) is 5.45. The van der Waals surface area contributed by atoms with E-state index >= 15 is 0 Å². The van der Waals surface area contributed by atoms with E-state index in [1.807, 2.05) is 54.6 Å². The van der Waals surface area contributed by atoms with Crippen molar-refractivity contribution in [2.24, 2.45) is 9.98 Å². The van der Waals surface area contributed by atoms with Crippen LogP contribution in [0.25, 0.3) is 0 Å². The van der Waals surface area contributed by atoms with Gasteiger partial charge in [0.15, 0.2) is 5.17 Å². The number of carbonyl (C=O) groups excluding carboxylic acids is 3. The summed E-state index contributed by atoms with van der Waals surface area (Å²) in [7, 11) is 3.06. The molecule has 1 atom stereocenters. The Bertz CT molecular complexity index is 1540. The van der Waals surface area contributed by atoms with Crippen LogP contribution in [0.4, 0.5) is 11.4 Å². The second kappa shape index (κ2) is 13.3. The monoisotopic (exact) mass is 585 g/mol. The van der Waals surface area contributed by atoms with E-state index in [9.17, 15) is 14.4 Å². The largest absolute Gasteiger partial charge is 0.497 e. The van der Waals surface area contributed by atoms with Crippen molar-refractivity contribution in [2.75, 3.05) is 31.8 Å². The molecule has 0 saturated carbocycles. The molecule has 216 valence electrons. The summed E-state index contributed by atoms with van der Waals surface area (Å²) < 4.78 is 10.6. The number of anilines is 1. The summed E-state index contributed by atoms with van der Waals surface area (Å²) in [4.78, 5) is 49.7. The van der Waals surface area contributed by atoms with Crippen molar-refractivity contribution in [3.05, 3.63) is 83.9 Å². The molecule has 0 spiro atoms. The van der Waals surface area contributed by atoms with Crippen LogP contribution in [0.2, 0.25) is 0 Å². The fourth-order valence-electron chi connectivity index (χ4n) is 4.65. The quantitative estimate of drug-likeness (QED) is 0.348. The zero-order valence-corrected chi connectivity index (χ0v) is 24.1. The lowest BCUT2D eigenvalue weighted by molar-refractivity contribution is -0.125. The first-order valence-corrected chi connectivity index (χ1v) is 14.5. The number of nitrogens with zero attached hydrogens (tertiary/aromatic N) is 3. The number of hydrogen-bond acceptors (Lipinski definition) is 8. The van der Waals surface area contributed by atoms with Crippen molar-refractivity contribution in [1.82, 2.24) is 10.2 Å². The molecule has 2 aliphatic rings. The number of carbonyl (C=O) groups is 3. The lowest BCUT2D eigenvalue weighted by Gasteiger charge is -2.25. The Morgan fingerprint density at radius 1 is 0.976 bits per heavy atom. The molecular formula is C31H31N5O5S. The summed E-state index contributed by atoms with van der Waals surface area (Å²) in [5.74, 6) is 0.875. The molecule has 2 aliphatic heterocycles. The third-order valence-corrected chi connectivity index (χ3v) is 7.72. The van der Waals surface area contributed by atoms with Crippen LogP contribution < -0.4 is 20.1 Å². The van der Waals surface area contributed by atoms with E-state index in [1.165, 1.54) is 12.0 Å². The maximum atomic E-state index is 13.5. The van der Waals surface area contributed by atoms with Crippen LogP contribution in [-0.4, -0.2) is 66.2 Å². The first-order chi connectivity index (χ1) is 20.5.